The third kappa shape index (κ3) is 15.5. The third-order valence-corrected chi connectivity index (χ3v) is 5.32. The van der Waals surface area contributed by atoms with Crippen LogP contribution in [0.25, 0.3) is 0 Å². The number of aliphatic hydroxyl groups is 1. The number of aliphatic carboxylic acids is 2. The number of nitrogens with one attached hydrogen (secondary N) is 6. The fourth-order valence-electron chi connectivity index (χ4n) is 3.21. The lowest BCUT2D eigenvalue weighted by Crippen LogP contribution is -2.58. The van der Waals surface area contributed by atoms with Crippen LogP contribution in [0, 0.1) is 0 Å². The van der Waals surface area contributed by atoms with Gasteiger partial charge in [0.1, 0.15) is 30.5 Å². The van der Waals surface area contributed by atoms with Crippen LogP contribution in [0.5, 0.6) is 0 Å². The second kappa shape index (κ2) is 19.4. The molecule has 0 fully saturated rings. The number of rotatable bonds is 21. The minimum absolute atomic E-state index is 0.187. The Morgan fingerprint density at radius 1 is 0.732 bits per heavy atom. The molecule has 0 bridgehead atoms. The Morgan fingerprint density at radius 3 is 1.90 bits per heavy atom. The van der Waals surface area contributed by atoms with Gasteiger partial charge in [-0.3, -0.25) is 38.4 Å². The number of carboxylic acid groups (broad SMARTS) is 2. The highest BCUT2D eigenvalue weighted by molar-refractivity contribution is 5.95. The fourth-order valence-corrected chi connectivity index (χ4v) is 3.21. The molecule has 0 heterocycles. The van der Waals surface area contributed by atoms with Crippen LogP contribution in [0.2, 0.25) is 0 Å². The van der Waals surface area contributed by atoms with Gasteiger partial charge in [0.25, 0.3) is 0 Å². The predicted molar refractivity (Wildman–Crippen MR) is 137 cm³/mol. The second-order valence-corrected chi connectivity index (χ2v) is 8.83. The van der Waals surface area contributed by atoms with Gasteiger partial charge in [0.05, 0.1) is 19.6 Å². The summed E-state index contributed by atoms with van der Waals surface area (Å²) in [5.41, 5.74) is 0. The standard InChI is InChI=1S/C23H36N6O12/c1-12(8-19(36)37)26-20(38)13(2)27-23(41)16(10-31)29-22(40)15(4-3-7-30)28-17(33)9-24-21(39)14(25-11-32)5-6-18(34)35/h7,11-16,31H,3-6,8-10H2,1-2H3,(H,24,39)(H,25,32)(H,26,38)(H,27,41)(H,28,33)(H,29,40)(H,34,35)(H,36,37)/t12-,13?,14+,15+,16?/m1/s1. The zero-order valence-electron chi connectivity index (χ0n) is 22.5. The topological polar surface area (TPSA) is 286 Å². The maximum absolute atomic E-state index is 12.7. The summed E-state index contributed by atoms with van der Waals surface area (Å²) >= 11 is 0. The van der Waals surface area contributed by atoms with Crippen molar-refractivity contribution in [2.75, 3.05) is 13.2 Å². The lowest BCUT2D eigenvalue weighted by atomic mass is 10.1. The quantitative estimate of drug-likeness (QED) is 0.0574. The molecule has 0 saturated heterocycles. The van der Waals surface area contributed by atoms with Gasteiger partial charge in [-0.1, -0.05) is 0 Å². The molecule has 230 valence electrons. The molecule has 0 radical (unpaired) electrons. The Morgan fingerprint density at radius 2 is 1.37 bits per heavy atom. The Labute approximate surface area is 234 Å². The summed E-state index contributed by atoms with van der Waals surface area (Å²) in [4.78, 5) is 105. The summed E-state index contributed by atoms with van der Waals surface area (Å²) in [7, 11) is 0. The summed E-state index contributed by atoms with van der Waals surface area (Å²) in [5.74, 6) is -6.80. The largest absolute Gasteiger partial charge is 0.481 e. The van der Waals surface area contributed by atoms with E-state index in [0.29, 0.717) is 6.29 Å². The maximum atomic E-state index is 12.7. The molecular weight excluding hydrogens is 552 g/mol. The first-order chi connectivity index (χ1) is 19.2. The molecule has 0 spiro atoms. The Bertz CT molecular complexity index is 975. The van der Waals surface area contributed by atoms with Gasteiger partial charge in [-0.25, -0.2) is 0 Å². The van der Waals surface area contributed by atoms with E-state index < -0.39 is 91.3 Å². The van der Waals surface area contributed by atoms with Gasteiger partial charge < -0.3 is 52.0 Å². The SMILES string of the molecule is CC(NC(=O)C(CO)NC(=O)[C@H](CCC=O)NC(=O)CNC(=O)[C@H](CCC(=O)O)NC=O)C(=O)N[C@H](C)CC(=O)O. The van der Waals surface area contributed by atoms with Crippen molar-refractivity contribution in [1.82, 2.24) is 31.9 Å². The van der Waals surface area contributed by atoms with Crippen LogP contribution in [0.3, 0.4) is 0 Å². The van der Waals surface area contributed by atoms with Crippen LogP contribution in [0.1, 0.15) is 46.0 Å². The van der Waals surface area contributed by atoms with Crippen LogP contribution in [0.15, 0.2) is 0 Å². The third-order valence-electron chi connectivity index (χ3n) is 5.32. The highest BCUT2D eigenvalue weighted by atomic mass is 16.4. The van der Waals surface area contributed by atoms with Gasteiger partial charge in [0.15, 0.2) is 0 Å². The molecule has 0 saturated carbocycles. The van der Waals surface area contributed by atoms with E-state index in [-0.39, 0.29) is 32.1 Å². The molecule has 18 nitrogen and oxygen atoms in total. The van der Waals surface area contributed by atoms with Crippen molar-refractivity contribution in [2.24, 2.45) is 0 Å². The van der Waals surface area contributed by atoms with Crippen LogP contribution in [0.4, 0.5) is 0 Å². The molecule has 9 N–H and O–H groups in total. The summed E-state index contributed by atoms with van der Waals surface area (Å²) in [5, 5.41) is 40.5. The van der Waals surface area contributed by atoms with E-state index >= 15 is 0 Å². The van der Waals surface area contributed by atoms with Crippen LogP contribution >= 0.6 is 0 Å². The van der Waals surface area contributed by atoms with Gasteiger partial charge in [0, 0.05) is 18.9 Å². The van der Waals surface area contributed by atoms with Crippen molar-refractivity contribution >= 4 is 54.2 Å². The smallest absolute Gasteiger partial charge is 0.305 e. The average molecular weight is 589 g/mol. The number of carbonyl (C=O) groups excluding carboxylic acids is 7. The zero-order chi connectivity index (χ0) is 31.5. The van der Waals surface area contributed by atoms with E-state index in [4.69, 9.17) is 10.2 Å². The van der Waals surface area contributed by atoms with Gasteiger partial charge in [-0.15, -0.1) is 0 Å². The maximum Gasteiger partial charge on any atom is 0.305 e. The molecule has 18 heteroatoms. The molecule has 0 aliphatic carbocycles. The number of hydrogen-bond donors (Lipinski definition) is 9. The molecule has 0 aromatic rings. The summed E-state index contributed by atoms with van der Waals surface area (Å²) in [6.07, 6.45) is -0.804. The van der Waals surface area contributed by atoms with Gasteiger partial charge >= 0.3 is 11.9 Å². The van der Waals surface area contributed by atoms with Crippen molar-refractivity contribution in [3.05, 3.63) is 0 Å². The Kier molecular flexibility index (Phi) is 17.3. The van der Waals surface area contributed by atoms with Crippen LogP contribution < -0.4 is 31.9 Å². The van der Waals surface area contributed by atoms with Crippen molar-refractivity contribution in [3.8, 4) is 0 Å². The summed E-state index contributed by atoms with van der Waals surface area (Å²) in [6, 6.07) is -6.11. The van der Waals surface area contributed by atoms with E-state index in [2.05, 4.69) is 31.9 Å². The number of aliphatic hydroxyl groups excluding tert-OH is 1. The van der Waals surface area contributed by atoms with E-state index in [1.165, 1.54) is 13.8 Å². The van der Waals surface area contributed by atoms with Gasteiger partial charge in [0.2, 0.25) is 35.9 Å². The minimum atomic E-state index is -1.58. The number of carbonyl (C=O) groups is 9. The molecule has 0 aliphatic heterocycles. The van der Waals surface area contributed by atoms with Crippen molar-refractivity contribution in [2.45, 2.75) is 76.2 Å². The monoisotopic (exact) mass is 588 g/mol. The van der Waals surface area contributed by atoms with Crippen molar-refractivity contribution in [3.63, 3.8) is 0 Å². The lowest BCUT2D eigenvalue weighted by Gasteiger charge is -2.23. The summed E-state index contributed by atoms with van der Waals surface area (Å²) in [6.45, 7) is 1.13. The molecule has 6 amide bonds. The predicted octanol–water partition coefficient (Wildman–Crippen LogP) is -4.49. The first kappa shape index (κ1) is 36.4. The Balaban J connectivity index is 5.15. The van der Waals surface area contributed by atoms with Gasteiger partial charge in [-0.2, -0.15) is 0 Å². The van der Waals surface area contributed by atoms with Gasteiger partial charge in [-0.05, 0) is 26.7 Å². The summed E-state index contributed by atoms with van der Waals surface area (Å²) < 4.78 is 0. The van der Waals surface area contributed by atoms with Crippen LogP contribution in [-0.4, -0.2) is 113 Å². The highest BCUT2D eigenvalue weighted by Gasteiger charge is 2.28. The number of carboxylic acids is 2. The number of aldehydes is 1. The second-order valence-electron chi connectivity index (χ2n) is 8.83. The van der Waals surface area contributed by atoms with E-state index in [9.17, 15) is 48.3 Å². The van der Waals surface area contributed by atoms with E-state index in [0.717, 1.165) is 0 Å². The molecule has 2 unspecified atom stereocenters. The zero-order valence-corrected chi connectivity index (χ0v) is 22.5. The number of amides is 6. The normalized spacial score (nSPS) is 14.0. The highest BCUT2D eigenvalue weighted by Crippen LogP contribution is 2.00. The molecule has 0 aromatic heterocycles. The molecule has 5 atom stereocenters. The molecule has 41 heavy (non-hydrogen) atoms. The molecule has 0 aliphatic rings. The molecule has 0 rings (SSSR count). The fraction of sp³-hybridized carbons (Fsp3) is 0.609. The lowest BCUT2D eigenvalue weighted by molar-refractivity contribution is -0.139. The van der Waals surface area contributed by atoms with Crippen molar-refractivity contribution < 1.29 is 58.5 Å². The molecular formula is C23H36N6O12. The van der Waals surface area contributed by atoms with Crippen molar-refractivity contribution in [1.29, 1.82) is 0 Å². The van der Waals surface area contributed by atoms with Crippen LogP contribution in [-0.2, 0) is 43.2 Å². The Hall–Kier alpha value is -4.61. The average Bonchev–Trinajstić information content (AvgIpc) is 2.89. The van der Waals surface area contributed by atoms with E-state index in [1.54, 1.807) is 0 Å². The van der Waals surface area contributed by atoms with E-state index in [1.807, 2.05) is 0 Å². The number of hydrogen-bond acceptors (Lipinski definition) is 10. The molecule has 0 aromatic carbocycles. The first-order valence-corrected chi connectivity index (χ1v) is 12.4. The first-order valence-electron chi connectivity index (χ1n) is 12.4. The minimum Gasteiger partial charge on any atom is -0.481 e.